The summed E-state index contributed by atoms with van der Waals surface area (Å²) in [6.45, 7) is 0. The van der Waals surface area contributed by atoms with Crippen LogP contribution in [0.25, 0.3) is 5.57 Å². The first-order valence-corrected chi connectivity index (χ1v) is 8.90. The fraction of sp³-hybridized carbons (Fsp3) is 0.444. The predicted octanol–water partition coefficient (Wildman–Crippen LogP) is 5.58. The van der Waals surface area contributed by atoms with Gasteiger partial charge in [0.2, 0.25) is 0 Å². The highest BCUT2D eigenvalue weighted by Gasteiger charge is 2.43. The third-order valence-corrected chi connectivity index (χ3v) is 7.04. The van der Waals surface area contributed by atoms with Gasteiger partial charge in [-0.2, -0.15) is 11.8 Å². The molecule has 3 unspecified atom stereocenters. The van der Waals surface area contributed by atoms with E-state index in [4.69, 9.17) is 11.6 Å². The molecular formula is C18H19ClS. The lowest BCUT2D eigenvalue weighted by atomic mass is 9.76. The molecule has 104 valence electrons. The van der Waals surface area contributed by atoms with Gasteiger partial charge in [0, 0.05) is 15.5 Å². The van der Waals surface area contributed by atoms with Crippen LogP contribution in [0.4, 0.5) is 0 Å². The summed E-state index contributed by atoms with van der Waals surface area (Å²) in [6, 6.07) is 8.38. The zero-order valence-corrected chi connectivity index (χ0v) is 13.0. The maximum absolute atomic E-state index is 6.00. The maximum Gasteiger partial charge on any atom is 0.0406 e. The molecule has 1 saturated heterocycles. The molecule has 0 bridgehead atoms. The second-order valence-corrected chi connectivity index (χ2v) is 8.05. The molecule has 20 heavy (non-hydrogen) atoms. The standard InChI is InChI=1S/C18H19ClS/c19-14-8-5-12(6-9-14)13-7-10-18-16(11-13)15-3-1-2-4-17(15)20-18/h1-2,5-6,8-9,11,15-18H,3-4,7,10H2/t15?,16-,17?,18?/m0/s1. The third-order valence-electron chi connectivity index (χ3n) is 5.00. The lowest BCUT2D eigenvalue weighted by molar-refractivity contribution is 0.382. The number of hydrogen-bond donors (Lipinski definition) is 0. The Morgan fingerprint density at radius 3 is 2.65 bits per heavy atom. The van der Waals surface area contributed by atoms with Crippen molar-refractivity contribution in [3.8, 4) is 0 Å². The van der Waals surface area contributed by atoms with Crippen LogP contribution in [-0.4, -0.2) is 10.5 Å². The van der Waals surface area contributed by atoms with Crippen LogP contribution in [0, 0.1) is 11.8 Å². The Kier molecular flexibility index (Phi) is 3.44. The van der Waals surface area contributed by atoms with E-state index in [1.807, 2.05) is 12.1 Å². The molecule has 1 fully saturated rings. The lowest BCUT2D eigenvalue weighted by Gasteiger charge is -2.28. The molecule has 3 aliphatic rings. The highest BCUT2D eigenvalue weighted by atomic mass is 35.5. The zero-order valence-electron chi connectivity index (χ0n) is 11.5. The minimum Gasteiger partial charge on any atom is -0.154 e. The molecule has 4 atom stereocenters. The van der Waals surface area contributed by atoms with E-state index < -0.39 is 0 Å². The van der Waals surface area contributed by atoms with Gasteiger partial charge in [-0.05, 0) is 60.8 Å². The summed E-state index contributed by atoms with van der Waals surface area (Å²) in [5, 5.41) is 2.56. The van der Waals surface area contributed by atoms with Crippen LogP contribution in [0.15, 0.2) is 42.5 Å². The van der Waals surface area contributed by atoms with E-state index in [9.17, 15) is 0 Å². The fourth-order valence-corrected chi connectivity index (χ4v) is 5.98. The van der Waals surface area contributed by atoms with Gasteiger partial charge in [-0.3, -0.25) is 0 Å². The molecule has 1 aromatic carbocycles. The summed E-state index contributed by atoms with van der Waals surface area (Å²) in [7, 11) is 0. The Bertz CT molecular complexity index is 557. The second-order valence-electron chi connectivity index (χ2n) is 6.13. The lowest BCUT2D eigenvalue weighted by Crippen LogP contribution is -2.24. The molecule has 0 saturated carbocycles. The first kappa shape index (κ1) is 13.0. The van der Waals surface area contributed by atoms with Gasteiger partial charge in [0.15, 0.2) is 0 Å². The van der Waals surface area contributed by atoms with Gasteiger partial charge >= 0.3 is 0 Å². The molecule has 0 radical (unpaired) electrons. The smallest absolute Gasteiger partial charge is 0.0406 e. The molecule has 2 heteroatoms. The molecule has 0 nitrogen and oxygen atoms in total. The molecule has 1 heterocycles. The van der Waals surface area contributed by atoms with Gasteiger partial charge in [0.05, 0.1) is 0 Å². The van der Waals surface area contributed by atoms with Gasteiger partial charge in [-0.1, -0.05) is 42.0 Å². The van der Waals surface area contributed by atoms with Crippen molar-refractivity contribution >= 4 is 28.9 Å². The quantitative estimate of drug-likeness (QED) is 0.610. The highest BCUT2D eigenvalue weighted by Crippen LogP contribution is 2.53. The summed E-state index contributed by atoms with van der Waals surface area (Å²) in [4.78, 5) is 0. The third kappa shape index (κ3) is 2.25. The Morgan fingerprint density at radius 2 is 1.80 bits per heavy atom. The van der Waals surface area contributed by atoms with Gasteiger partial charge in [-0.15, -0.1) is 0 Å². The van der Waals surface area contributed by atoms with Crippen molar-refractivity contribution in [2.45, 2.75) is 36.2 Å². The van der Waals surface area contributed by atoms with Crippen molar-refractivity contribution in [3.63, 3.8) is 0 Å². The van der Waals surface area contributed by atoms with Crippen LogP contribution < -0.4 is 0 Å². The molecule has 0 amide bonds. The van der Waals surface area contributed by atoms with E-state index >= 15 is 0 Å². The van der Waals surface area contributed by atoms with Crippen LogP contribution in [0.3, 0.4) is 0 Å². The highest BCUT2D eigenvalue weighted by molar-refractivity contribution is 8.00. The topological polar surface area (TPSA) is 0 Å². The largest absolute Gasteiger partial charge is 0.154 e. The molecular weight excluding hydrogens is 284 g/mol. The Balaban J connectivity index is 1.63. The van der Waals surface area contributed by atoms with Crippen molar-refractivity contribution in [2.75, 3.05) is 0 Å². The minimum absolute atomic E-state index is 0.786. The first-order valence-electron chi connectivity index (χ1n) is 7.58. The summed E-state index contributed by atoms with van der Waals surface area (Å²) in [5.74, 6) is 1.66. The van der Waals surface area contributed by atoms with Crippen LogP contribution >= 0.6 is 23.4 Å². The average molecular weight is 303 g/mol. The van der Waals surface area contributed by atoms with Crippen molar-refractivity contribution in [3.05, 3.63) is 53.1 Å². The second kappa shape index (κ2) is 5.27. The number of rotatable bonds is 1. The van der Waals surface area contributed by atoms with E-state index in [1.165, 1.54) is 31.2 Å². The number of thioether (sulfide) groups is 1. The van der Waals surface area contributed by atoms with Crippen molar-refractivity contribution in [1.82, 2.24) is 0 Å². The van der Waals surface area contributed by atoms with Crippen LogP contribution in [0.1, 0.15) is 31.2 Å². The van der Waals surface area contributed by atoms with Crippen LogP contribution in [-0.2, 0) is 0 Å². The number of halogens is 1. The number of benzene rings is 1. The Labute approximate surface area is 130 Å². The van der Waals surface area contributed by atoms with Gasteiger partial charge < -0.3 is 0 Å². The van der Waals surface area contributed by atoms with Crippen LogP contribution in [0.2, 0.25) is 5.02 Å². The predicted molar refractivity (Wildman–Crippen MR) is 89.2 cm³/mol. The van der Waals surface area contributed by atoms with E-state index in [0.29, 0.717) is 0 Å². The number of fused-ring (bicyclic) bond motifs is 3. The van der Waals surface area contributed by atoms with Crippen LogP contribution in [0.5, 0.6) is 0 Å². The van der Waals surface area contributed by atoms with E-state index in [2.05, 4.69) is 42.1 Å². The van der Waals surface area contributed by atoms with E-state index in [1.54, 1.807) is 5.57 Å². The minimum atomic E-state index is 0.786. The molecule has 0 aromatic heterocycles. The summed E-state index contributed by atoms with van der Waals surface area (Å²) >= 11 is 8.26. The summed E-state index contributed by atoms with van der Waals surface area (Å²) < 4.78 is 0. The van der Waals surface area contributed by atoms with E-state index in [0.717, 1.165) is 27.4 Å². The van der Waals surface area contributed by atoms with Crippen molar-refractivity contribution < 1.29 is 0 Å². The van der Waals surface area contributed by atoms with E-state index in [-0.39, 0.29) is 0 Å². The molecule has 2 aliphatic carbocycles. The Hall–Kier alpha value is -0.660. The number of allylic oxidation sites excluding steroid dienone is 4. The maximum atomic E-state index is 6.00. The molecule has 1 aliphatic heterocycles. The summed E-state index contributed by atoms with van der Waals surface area (Å²) in [5.41, 5.74) is 2.91. The Morgan fingerprint density at radius 1 is 1.00 bits per heavy atom. The normalized spacial score (nSPS) is 35.4. The summed E-state index contributed by atoms with van der Waals surface area (Å²) in [6.07, 6.45) is 12.5. The van der Waals surface area contributed by atoms with Crippen molar-refractivity contribution in [1.29, 1.82) is 0 Å². The number of hydrogen-bond acceptors (Lipinski definition) is 1. The molecule has 0 N–H and O–H groups in total. The monoisotopic (exact) mass is 302 g/mol. The molecule has 0 spiro atoms. The van der Waals surface area contributed by atoms with Gasteiger partial charge in [0.25, 0.3) is 0 Å². The first-order chi connectivity index (χ1) is 9.81. The van der Waals surface area contributed by atoms with Crippen molar-refractivity contribution in [2.24, 2.45) is 11.8 Å². The SMILES string of the molecule is Clc1ccc(C2=C[C@@H]3C(CC2)SC2CC=CCC23)cc1. The van der Waals surface area contributed by atoms with Gasteiger partial charge in [-0.25, -0.2) is 0 Å². The molecule has 4 rings (SSSR count). The average Bonchev–Trinajstić information content (AvgIpc) is 2.86. The zero-order chi connectivity index (χ0) is 13.5. The molecule has 1 aromatic rings. The van der Waals surface area contributed by atoms with Gasteiger partial charge in [0.1, 0.15) is 0 Å². The fourth-order valence-electron chi connectivity index (χ4n) is 3.97.